The first-order valence-electron chi connectivity index (χ1n) is 12.1. The number of alkyl halides is 1. The van der Waals surface area contributed by atoms with Gasteiger partial charge in [0.15, 0.2) is 0 Å². The summed E-state index contributed by atoms with van der Waals surface area (Å²) in [7, 11) is 0. The van der Waals surface area contributed by atoms with Crippen LogP contribution < -0.4 is 0 Å². The Kier molecular flexibility index (Phi) is 4.17. The first-order valence-corrected chi connectivity index (χ1v) is 13.9. The van der Waals surface area contributed by atoms with Crippen molar-refractivity contribution < 1.29 is 8.78 Å². The summed E-state index contributed by atoms with van der Waals surface area (Å²) in [6.07, 6.45) is 9.10. The lowest BCUT2D eigenvalue weighted by molar-refractivity contribution is 0.399. The highest BCUT2D eigenvalue weighted by atomic mass is 32.2. The molecule has 4 heteroatoms. The molecule has 3 aromatic carbocycles. The van der Waals surface area contributed by atoms with E-state index in [9.17, 15) is 8.78 Å². The van der Waals surface area contributed by atoms with Crippen molar-refractivity contribution in [3.63, 3.8) is 0 Å². The van der Waals surface area contributed by atoms with Gasteiger partial charge in [-0.15, -0.1) is 23.5 Å². The first-order chi connectivity index (χ1) is 16.7. The Morgan fingerprint density at radius 3 is 2.50 bits per heavy atom. The highest BCUT2D eigenvalue weighted by Gasteiger charge is 2.47. The van der Waals surface area contributed by atoms with Crippen LogP contribution in [0.3, 0.4) is 0 Å². The van der Waals surface area contributed by atoms with Crippen molar-refractivity contribution in [3.8, 4) is 0 Å². The van der Waals surface area contributed by atoms with Crippen molar-refractivity contribution in [1.82, 2.24) is 0 Å². The van der Waals surface area contributed by atoms with E-state index in [-0.39, 0.29) is 5.82 Å². The van der Waals surface area contributed by atoms with E-state index in [0.29, 0.717) is 34.0 Å². The van der Waals surface area contributed by atoms with Gasteiger partial charge in [-0.25, -0.2) is 8.78 Å². The summed E-state index contributed by atoms with van der Waals surface area (Å²) in [5.74, 6) is 0.681. The van der Waals surface area contributed by atoms with Crippen LogP contribution in [0.2, 0.25) is 0 Å². The molecular formula is C30H22F2S2. The van der Waals surface area contributed by atoms with Gasteiger partial charge in [-0.2, -0.15) is 0 Å². The molecule has 0 saturated carbocycles. The zero-order valence-corrected chi connectivity index (χ0v) is 20.0. The molecule has 1 saturated heterocycles. The van der Waals surface area contributed by atoms with Crippen molar-refractivity contribution in [2.45, 2.75) is 46.6 Å². The summed E-state index contributed by atoms with van der Waals surface area (Å²) in [6.45, 7) is 0. The van der Waals surface area contributed by atoms with Crippen LogP contribution in [-0.4, -0.2) is 11.4 Å². The quantitative estimate of drug-likeness (QED) is 0.356. The van der Waals surface area contributed by atoms with Crippen LogP contribution in [0, 0.1) is 5.82 Å². The minimum Gasteiger partial charge on any atom is -0.243 e. The molecule has 8 rings (SSSR count). The third-order valence-corrected chi connectivity index (χ3v) is 11.3. The number of halogens is 2. The van der Waals surface area contributed by atoms with E-state index in [0.717, 1.165) is 12.0 Å². The van der Waals surface area contributed by atoms with Crippen LogP contribution in [0.15, 0.2) is 78.4 Å². The zero-order chi connectivity index (χ0) is 22.6. The number of thioether (sulfide) groups is 2. The number of rotatable bonds is 2. The average molecular weight is 485 g/mol. The maximum atomic E-state index is 14.0. The van der Waals surface area contributed by atoms with Gasteiger partial charge in [-0.05, 0) is 68.8 Å². The normalized spacial score (nSPS) is 32.2. The number of fused-ring (bicyclic) bond motifs is 6. The minimum absolute atomic E-state index is 0.178. The van der Waals surface area contributed by atoms with Crippen LogP contribution in [-0.2, 0) is 0 Å². The van der Waals surface area contributed by atoms with Gasteiger partial charge in [0.05, 0.1) is 0 Å². The van der Waals surface area contributed by atoms with Crippen LogP contribution in [0.4, 0.5) is 8.78 Å². The molecule has 0 bridgehead atoms. The van der Waals surface area contributed by atoms with Gasteiger partial charge >= 0.3 is 0 Å². The number of hydrogen-bond donors (Lipinski definition) is 0. The van der Waals surface area contributed by atoms with Gasteiger partial charge in [0.25, 0.3) is 0 Å². The molecule has 2 aliphatic heterocycles. The SMILES string of the molecule is Fc1cccc(C2=CC3c4ccc5c6c(ccc(c46)C3S2)C2CC(C3=CC(F)CC=C3)SC52)c1. The standard InChI is InChI=1S/C30H22F2S2/c31-17-5-1-3-15(11-17)25-13-23-19-7-10-22-28-20(8-9-21(27(19)28)29(23)33-25)24-14-26(34-30(22)24)16-4-2-6-18(32)12-16/h1-5,7-13,18,23-24,26,29-30H,6,14H2. The van der Waals surface area contributed by atoms with Gasteiger partial charge < -0.3 is 0 Å². The predicted molar refractivity (Wildman–Crippen MR) is 140 cm³/mol. The van der Waals surface area contributed by atoms with Crippen molar-refractivity contribution >= 4 is 39.2 Å². The van der Waals surface area contributed by atoms with Crippen LogP contribution in [0.5, 0.6) is 0 Å². The number of hydrogen-bond acceptors (Lipinski definition) is 2. The van der Waals surface area contributed by atoms with Crippen molar-refractivity contribution in [2.75, 3.05) is 0 Å². The molecule has 168 valence electrons. The van der Waals surface area contributed by atoms with Gasteiger partial charge in [0, 0.05) is 38.9 Å². The fourth-order valence-electron chi connectivity index (χ4n) is 6.84. The van der Waals surface area contributed by atoms with Crippen molar-refractivity contribution in [2.24, 2.45) is 0 Å². The molecule has 5 aliphatic rings. The molecule has 3 aromatic rings. The number of allylic oxidation sites excluding steroid dienone is 4. The highest BCUT2D eigenvalue weighted by Crippen LogP contribution is 2.67. The summed E-state index contributed by atoms with van der Waals surface area (Å²) >= 11 is 3.92. The largest absolute Gasteiger partial charge is 0.243 e. The molecular weight excluding hydrogens is 462 g/mol. The Morgan fingerprint density at radius 2 is 1.65 bits per heavy atom. The average Bonchev–Trinajstić information content (AvgIpc) is 3.58. The predicted octanol–water partition coefficient (Wildman–Crippen LogP) is 8.77. The highest BCUT2D eigenvalue weighted by molar-refractivity contribution is 8.08. The van der Waals surface area contributed by atoms with E-state index in [1.165, 1.54) is 49.6 Å². The van der Waals surface area contributed by atoms with Crippen molar-refractivity contribution in [1.29, 1.82) is 0 Å². The molecule has 0 aromatic heterocycles. The minimum atomic E-state index is -0.835. The Bertz CT molecular complexity index is 1460. The molecule has 2 heterocycles. The van der Waals surface area contributed by atoms with Gasteiger partial charge in [0.1, 0.15) is 12.0 Å². The fourth-order valence-corrected chi connectivity index (χ4v) is 10.1. The molecule has 0 radical (unpaired) electrons. The van der Waals surface area contributed by atoms with Crippen molar-refractivity contribution in [3.05, 3.63) is 112 Å². The van der Waals surface area contributed by atoms with E-state index in [1.807, 2.05) is 41.7 Å². The van der Waals surface area contributed by atoms with E-state index >= 15 is 0 Å². The molecule has 6 atom stereocenters. The summed E-state index contributed by atoms with van der Waals surface area (Å²) in [6, 6.07) is 16.4. The number of benzene rings is 3. The monoisotopic (exact) mass is 484 g/mol. The van der Waals surface area contributed by atoms with E-state index in [1.54, 1.807) is 12.1 Å². The lowest BCUT2D eigenvalue weighted by atomic mass is 9.91. The first kappa shape index (κ1) is 19.9. The molecule has 0 spiro atoms. The smallest absolute Gasteiger partial charge is 0.123 e. The Hall–Kier alpha value is -2.30. The second-order valence-electron chi connectivity index (χ2n) is 10.1. The van der Waals surface area contributed by atoms with Crippen LogP contribution in [0.25, 0.3) is 15.7 Å². The van der Waals surface area contributed by atoms with Gasteiger partial charge in [0.2, 0.25) is 0 Å². The van der Waals surface area contributed by atoms with E-state index < -0.39 is 6.17 Å². The topological polar surface area (TPSA) is 0 Å². The van der Waals surface area contributed by atoms with E-state index in [4.69, 9.17) is 0 Å². The van der Waals surface area contributed by atoms with Gasteiger partial charge in [-0.1, -0.05) is 54.6 Å². The Labute approximate surface area is 206 Å². The second-order valence-corrected chi connectivity index (χ2v) is 12.6. The molecule has 0 N–H and O–H groups in total. The molecule has 34 heavy (non-hydrogen) atoms. The third-order valence-electron chi connectivity index (χ3n) is 8.24. The molecule has 0 amide bonds. The fraction of sp³-hybridized carbons (Fsp3) is 0.267. The summed E-state index contributed by atoms with van der Waals surface area (Å²) in [5.41, 5.74) is 7.99. The third kappa shape index (κ3) is 2.67. The lowest BCUT2D eigenvalue weighted by Gasteiger charge is -2.18. The maximum absolute atomic E-state index is 14.0. The van der Waals surface area contributed by atoms with Crippen LogP contribution in [0.1, 0.15) is 63.0 Å². The maximum Gasteiger partial charge on any atom is 0.123 e. The summed E-state index contributed by atoms with van der Waals surface area (Å²) in [5, 5.41) is 4.18. The Balaban J connectivity index is 1.19. The van der Waals surface area contributed by atoms with E-state index in [2.05, 4.69) is 36.4 Å². The van der Waals surface area contributed by atoms with Gasteiger partial charge in [-0.3, -0.25) is 0 Å². The summed E-state index contributed by atoms with van der Waals surface area (Å²) in [4.78, 5) is 1.19. The summed E-state index contributed by atoms with van der Waals surface area (Å²) < 4.78 is 27.8. The molecule has 0 nitrogen and oxygen atoms in total. The zero-order valence-electron chi connectivity index (χ0n) is 18.4. The second kappa shape index (κ2) is 7.11. The molecule has 3 aliphatic carbocycles. The molecule has 6 unspecified atom stereocenters. The lowest BCUT2D eigenvalue weighted by Crippen LogP contribution is -2.08. The van der Waals surface area contributed by atoms with Crippen LogP contribution >= 0.6 is 23.5 Å². The Morgan fingerprint density at radius 1 is 0.853 bits per heavy atom. The molecule has 1 fully saturated rings.